The number of amides is 2. The fourth-order valence-electron chi connectivity index (χ4n) is 6.34. The van der Waals surface area contributed by atoms with E-state index in [-0.39, 0.29) is 17.6 Å². The van der Waals surface area contributed by atoms with Crippen molar-refractivity contribution < 1.29 is 14.4 Å². The molecule has 2 amide bonds. The Kier molecular flexibility index (Phi) is 6.91. The third-order valence-electron chi connectivity index (χ3n) is 7.91. The van der Waals surface area contributed by atoms with Crippen LogP contribution in [-0.4, -0.2) is 28.5 Å². The lowest BCUT2D eigenvalue weighted by atomic mass is 9.69. The van der Waals surface area contributed by atoms with E-state index in [9.17, 15) is 14.4 Å². The molecule has 0 bridgehead atoms. The SMILES string of the molecule is CCCCCC(=O)N1C(C)C(c2ccc(Cl)cc2)C(C(=O)c2ccccc2)C12C(=O)Nc1ccccc12. The van der Waals surface area contributed by atoms with Crippen LogP contribution in [0.5, 0.6) is 0 Å². The van der Waals surface area contributed by atoms with Gasteiger partial charge in [-0.1, -0.05) is 92.0 Å². The van der Waals surface area contributed by atoms with Crippen molar-refractivity contribution in [1.82, 2.24) is 4.90 Å². The first-order valence-corrected chi connectivity index (χ1v) is 13.4. The molecule has 2 heterocycles. The molecule has 2 aliphatic heterocycles. The summed E-state index contributed by atoms with van der Waals surface area (Å²) >= 11 is 6.21. The molecule has 190 valence electrons. The molecule has 3 aromatic carbocycles. The second-order valence-corrected chi connectivity index (χ2v) is 10.4. The Morgan fingerprint density at radius 3 is 2.32 bits per heavy atom. The van der Waals surface area contributed by atoms with E-state index in [2.05, 4.69) is 12.2 Å². The van der Waals surface area contributed by atoms with Crippen LogP contribution in [0.2, 0.25) is 5.02 Å². The van der Waals surface area contributed by atoms with Gasteiger partial charge in [-0.15, -0.1) is 0 Å². The van der Waals surface area contributed by atoms with Crippen molar-refractivity contribution in [1.29, 1.82) is 0 Å². The summed E-state index contributed by atoms with van der Waals surface area (Å²) in [5.74, 6) is -1.80. The summed E-state index contributed by atoms with van der Waals surface area (Å²) in [4.78, 5) is 44.3. The van der Waals surface area contributed by atoms with E-state index < -0.39 is 23.4 Å². The quantitative estimate of drug-likeness (QED) is 0.286. The van der Waals surface area contributed by atoms with Crippen molar-refractivity contribution in [3.05, 3.63) is 101 Å². The standard InChI is InChI=1S/C31H31ClN2O3/c1-3-4-6-15-26(35)34-20(2)27(21-16-18-23(32)19-17-21)28(29(36)22-11-7-5-8-12-22)31(34)24-13-9-10-14-25(24)33-30(31)37/h5,7-14,16-20,27-28H,3-4,6,15H2,1-2H3,(H,33,37). The number of carbonyl (C=O) groups is 3. The zero-order valence-electron chi connectivity index (χ0n) is 21.1. The number of rotatable bonds is 7. The predicted octanol–water partition coefficient (Wildman–Crippen LogP) is 6.58. The van der Waals surface area contributed by atoms with Gasteiger partial charge in [0, 0.05) is 40.2 Å². The molecule has 5 rings (SSSR count). The van der Waals surface area contributed by atoms with Crippen LogP contribution >= 0.6 is 11.6 Å². The van der Waals surface area contributed by atoms with Gasteiger partial charge in [-0.3, -0.25) is 14.4 Å². The predicted molar refractivity (Wildman–Crippen MR) is 146 cm³/mol. The molecule has 0 radical (unpaired) electrons. The van der Waals surface area contributed by atoms with E-state index in [1.807, 2.05) is 61.5 Å². The highest BCUT2D eigenvalue weighted by Crippen LogP contribution is 2.59. The number of hydrogen-bond acceptors (Lipinski definition) is 3. The summed E-state index contributed by atoms with van der Waals surface area (Å²) in [6.45, 7) is 4.06. The van der Waals surface area contributed by atoms with Crippen LogP contribution in [-0.2, 0) is 15.1 Å². The summed E-state index contributed by atoms with van der Waals surface area (Å²) in [7, 11) is 0. The van der Waals surface area contributed by atoms with Crippen molar-refractivity contribution in [3.63, 3.8) is 0 Å². The average Bonchev–Trinajstić information content (AvgIpc) is 3.35. The number of halogens is 1. The molecule has 6 heteroatoms. The lowest BCUT2D eigenvalue weighted by Crippen LogP contribution is -2.56. The summed E-state index contributed by atoms with van der Waals surface area (Å²) in [5.41, 5.74) is 1.29. The number of unbranched alkanes of at least 4 members (excludes halogenated alkanes) is 2. The molecule has 4 atom stereocenters. The van der Waals surface area contributed by atoms with E-state index in [0.29, 0.717) is 28.3 Å². The Morgan fingerprint density at radius 1 is 0.946 bits per heavy atom. The highest BCUT2D eigenvalue weighted by molar-refractivity contribution is 6.30. The van der Waals surface area contributed by atoms with Crippen LogP contribution in [0, 0.1) is 5.92 Å². The number of Topliss-reactive ketones (excluding diaryl/α,β-unsaturated/α-hetero) is 1. The van der Waals surface area contributed by atoms with E-state index in [0.717, 1.165) is 24.8 Å². The van der Waals surface area contributed by atoms with Gasteiger partial charge in [-0.05, 0) is 37.1 Å². The number of hydrogen-bond donors (Lipinski definition) is 1. The Hall–Kier alpha value is -3.44. The number of carbonyl (C=O) groups excluding carboxylic acids is 3. The maximum absolute atomic E-state index is 14.4. The highest BCUT2D eigenvalue weighted by atomic mass is 35.5. The van der Waals surface area contributed by atoms with Gasteiger partial charge < -0.3 is 10.2 Å². The molecule has 3 aromatic rings. The van der Waals surface area contributed by atoms with Crippen molar-refractivity contribution in [2.75, 3.05) is 5.32 Å². The Morgan fingerprint density at radius 2 is 1.62 bits per heavy atom. The molecule has 2 aliphatic rings. The molecule has 37 heavy (non-hydrogen) atoms. The van der Waals surface area contributed by atoms with E-state index >= 15 is 0 Å². The number of nitrogens with one attached hydrogen (secondary N) is 1. The van der Waals surface area contributed by atoms with Gasteiger partial charge >= 0.3 is 0 Å². The normalized spacial score (nSPS) is 24.2. The van der Waals surface area contributed by atoms with Crippen LogP contribution in [0.3, 0.4) is 0 Å². The molecule has 4 unspecified atom stereocenters. The van der Waals surface area contributed by atoms with Gasteiger partial charge in [0.1, 0.15) is 0 Å². The molecule has 0 aliphatic carbocycles. The third-order valence-corrected chi connectivity index (χ3v) is 8.16. The summed E-state index contributed by atoms with van der Waals surface area (Å²) in [6, 6.07) is 23.5. The first kappa shape index (κ1) is 25.2. The van der Waals surface area contributed by atoms with E-state index in [1.165, 1.54) is 0 Å². The minimum atomic E-state index is -1.45. The van der Waals surface area contributed by atoms with Gasteiger partial charge in [-0.2, -0.15) is 0 Å². The van der Waals surface area contributed by atoms with Gasteiger partial charge in [-0.25, -0.2) is 0 Å². The zero-order valence-corrected chi connectivity index (χ0v) is 21.9. The molecular weight excluding hydrogens is 484 g/mol. The number of nitrogens with zero attached hydrogens (tertiary/aromatic N) is 1. The summed E-state index contributed by atoms with van der Waals surface area (Å²) in [5, 5.41) is 3.60. The van der Waals surface area contributed by atoms with Crippen LogP contribution in [0.4, 0.5) is 5.69 Å². The first-order chi connectivity index (χ1) is 17.9. The number of fused-ring (bicyclic) bond motifs is 2. The van der Waals surface area contributed by atoms with Gasteiger partial charge in [0.25, 0.3) is 5.91 Å². The van der Waals surface area contributed by atoms with Gasteiger partial charge in [0.2, 0.25) is 5.91 Å². The molecule has 5 nitrogen and oxygen atoms in total. The maximum Gasteiger partial charge on any atom is 0.255 e. The minimum Gasteiger partial charge on any atom is -0.323 e. The molecule has 1 fully saturated rings. The molecular formula is C31H31ClN2O3. The third kappa shape index (κ3) is 4.06. The van der Waals surface area contributed by atoms with Gasteiger partial charge in [0.05, 0.1) is 5.92 Å². The second kappa shape index (κ2) is 10.1. The Labute approximate surface area is 222 Å². The fraction of sp³-hybridized carbons (Fsp3) is 0.323. The van der Waals surface area contributed by atoms with Crippen LogP contribution in [0.25, 0.3) is 0 Å². The van der Waals surface area contributed by atoms with Crippen LogP contribution < -0.4 is 5.32 Å². The topological polar surface area (TPSA) is 66.5 Å². The lowest BCUT2D eigenvalue weighted by molar-refractivity contribution is -0.145. The Bertz CT molecular complexity index is 1320. The molecule has 0 saturated carbocycles. The second-order valence-electron chi connectivity index (χ2n) is 10.0. The fourth-order valence-corrected chi connectivity index (χ4v) is 6.47. The monoisotopic (exact) mass is 514 g/mol. The van der Waals surface area contributed by atoms with Crippen molar-refractivity contribution in [3.8, 4) is 0 Å². The van der Waals surface area contributed by atoms with Crippen molar-refractivity contribution >= 4 is 34.9 Å². The molecule has 1 spiro atoms. The zero-order chi connectivity index (χ0) is 26.2. The lowest BCUT2D eigenvalue weighted by Gasteiger charge is -2.38. The number of anilines is 1. The Balaban J connectivity index is 1.76. The summed E-state index contributed by atoms with van der Waals surface area (Å²) < 4.78 is 0. The smallest absolute Gasteiger partial charge is 0.255 e. The van der Waals surface area contributed by atoms with Crippen LogP contribution in [0.1, 0.15) is 66.9 Å². The van der Waals surface area contributed by atoms with Crippen molar-refractivity contribution in [2.45, 2.75) is 57.0 Å². The van der Waals surface area contributed by atoms with Gasteiger partial charge in [0.15, 0.2) is 11.3 Å². The molecule has 0 aromatic heterocycles. The average molecular weight is 515 g/mol. The summed E-state index contributed by atoms with van der Waals surface area (Å²) in [6.07, 6.45) is 2.98. The van der Waals surface area contributed by atoms with E-state index in [1.54, 1.807) is 29.2 Å². The van der Waals surface area contributed by atoms with Crippen molar-refractivity contribution in [2.24, 2.45) is 5.92 Å². The molecule has 1 saturated heterocycles. The number of ketones is 1. The van der Waals surface area contributed by atoms with E-state index in [4.69, 9.17) is 11.6 Å². The molecule has 1 N–H and O–H groups in total. The largest absolute Gasteiger partial charge is 0.323 e. The number of benzene rings is 3. The number of para-hydroxylation sites is 1. The first-order valence-electron chi connectivity index (χ1n) is 13.0. The highest BCUT2D eigenvalue weighted by Gasteiger charge is 2.68. The maximum atomic E-state index is 14.4. The van der Waals surface area contributed by atoms with Crippen LogP contribution in [0.15, 0.2) is 78.9 Å². The minimum absolute atomic E-state index is 0.102. The number of likely N-dealkylation sites (tertiary alicyclic amines) is 1.